The lowest BCUT2D eigenvalue weighted by molar-refractivity contribution is 0.102. The molecule has 0 spiro atoms. The van der Waals surface area contributed by atoms with Crippen molar-refractivity contribution < 1.29 is 24.4 Å². The van der Waals surface area contributed by atoms with Gasteiger partial charge in [-0.2, -0.15) is 0 Å². The predicted molar refractivity (Wildman–Crippen MR) is 213 cm³/mol. The van der Waals surface area contributed by atoms with Gasteiger partial charge in [0.25, 0.3) is 0 Å². The van der Waals surface area contributed by atoms with Gasteiger partial charge >= 0.3 is 0 Å². The van der Waals surface area contributed by atoms with Crippen LogP contribution in [0.25, 0.3) is 11.1 Å². The number of aromatic hydroxyl groups is 2. The molecule has 2 heterocycles. The van der Waals surface area contributed by atoms with Gasteiger partial charge in [0.15, 0.2) is 0 Å². The SMILES string of the molecule is C(OCC1CO1)C1CO1.CCCCc1cc(-c2ccccc2)c(CCCC)c(CCCC)c1CCCC.Oc1ccccc1.Oc1ccccc1. The Morgan fingerprint density at radius 1 is 0.529 bits per heavy atom. The van der Waals surface area contributed by atoms with Crippen molar-refractivity contribution in [3.63, 3.8) is 0 Å². The van der Waals surface area contributed by atoms with Crippen molar-refractivity contribution in [1.82, 2.24) is 0 Å². The van der Waals surface area contributed by atoms with E-state index < -0.39 is 0 Å². The van der Waals surface area contributed by atoms with E-state index in [0.29, 0.717) is 23.7 Å². The molecule has 2 atom stereocenters. The third-order valence-electron chi connectivity index (χ3n) is 8.91. The number of phenolic OH excluding ortho intramolecular Hbond substituents is 2. The maximum atomic E-state index is 8.63. The second-order valence-electron chi connectivity index (χ2n) is 13.4. The third kappa shape index (κ3) is 17.4. The van der Waals surface area contributed by atoms with E-state index in [9.17, 15) is 0 Å². The minimum Gasteiger partial charge on any atom is -0.508 e. The second kappa shape index (κ2) is 25.3. The standard InChI is InChI=1S/C28H42.C6H10O3.2C6H6O/c1-5-9-16-24-22-28(23-17-14-13-15-18-23)27(21-12-8-4)26(20-11-7-3)25(24)19-10-6-2;1(5-3-8-5)7-2-6-4-9-6;2*7-6-4-2-1-3-5-6/h13-15,17-18,22H,5-12,16,19-21H2,1-4H3;5-6H,1-4H2;2*1-5,7H. The van der Waals surface area contributed by atoms with Crippen LogP contribution in [0.3, 0.4) is 0 Å². The third-order valence-corrected chi connectivity index (χ3v) is 8.91. The van der Waals surface area contributed by atoms with Gasteiger partial charge in [-0.25, -0.2) is 0 Å². The number of para-hydroxylation sites is 2. The molecule has 5 nitrogen and oxygen atoms in total. The lowest BCUT2D eigenvalue weighted by Gasteiger charge is -2.23. The van der Waals surface area contributed by atoms with E-state index in [4.69, 9.17) is 24.4 Å². The van der Waals surface area contributed by atoms with E-state index in [1.807, 2.05) is 12.1 Å². The summed E-state index contributed by atoms with van der Waals surface area (Å²) in [7, 11) is 0. The summed E-state index contributed by atoms with van der Waals surface area (Å²) in [6, 6.07) is 31.2. The molecule has 6 rings (SSSR count). The lowest BCUT2D eigenvalue weighted by Crippen LogP contribution is -2.08. The van der Waals surface area contributed by atoms with Gasteiger partial charge in [0.2, 0.25) is 0 Å². The van der Waals surface area contributed by atoms with Gasteiger partial charge in [-0.3, -0.25) is 0 Å². The Labute approximate surface area is 309 Å². The highest BCUT2D eigenvalue weighted by atomic mass is 16.6. The molecule has 0 amide bonds. The first-order valence-electron chi connectivity index (χ1n) is 19.5. The first kappa shape index (κ1) is 41.8. The highest BCUT2D eigenvalue weighted by Gasteiger charge is 2.26. The van der Waals surface area contributed by atoms with E-state index in [0.717, 1.165) is 26.4 Å². The summed E-state index contributed by atoms with van der Waals surface area (Å²) >= 11 is 0. The van der Waals surface area contributed by atoms with Crippen LogP contribution in [-0.2, 0) is 39.9 Å². The molecule has 2 aliphatic rings. The molecule has 2 saturated heterocycles. The van der Waals surface area contributed by atoms with E-state index in [1.165, 1.54) is 88.2 Å². The van der Waals surface area contributed by atoms with Crippen LogP contribution < -0.4 is 0 Å². The molecule has 278 valence electrons. The van der Waals surface area contributed by atoms with Gasteiger partial charge in [-0.05, 0) is 109 Å². The number of epoxide rings is 2. The fourth-order valence-electron chi connectivity index (χ4n) is 5.83. The molecule has 0 aromatic heterocycles. The highest BCUT2D eigenvalue weighted by Crippen LogP contribution is 2.35. The summed E-state index contributed by atoms with van der Waals surface area (Å²) in [6.45, 7) is 12.6. The Bertz CT molecular complexity index is 1380. The zero-order valence-electron chi connectivity index (χ0n) is 31.8. The fraction of sp³-hybridized carbons (Fsp3) is 0.478. The smallest absolute Gasteiger partial charge is 0.115 e. The van der Waals surface area contributed by atoms with Crippen molar-refractivity contribution in [3.05, 3.63) is 119 Å². The van der Waals surface area contributed by atoms with Crippen molar-refractivity contribution >= 4 is 0 Å². The molecular weight excluding hydrogens is 633 g/mol. The Morgan fingerprint density at radius 3 is 1.31 bits per heavy atom. The van der Waals surface area contributed by atoms with Gasteiger partial charge in [-0.1, -0.05) is 126 Å². The second-order valence-corrected chi connectivity index (χ2v) is 13.4. The quantitative estimate of drug-likeness (QED) is 0.108. The van der Waals surface area contributed by atoms with Crippen LogP contribution in [0.15, 0.2) is 97.1 Å². The minimum absolute atomic E-state index is 0.322. The van der Waals surface area contributed by atoms with E-state index >= 15 is 0 Å². The summed E-state index contributed by atoms with van der Waals surface area (Å²) in [5, 5.41) is 17.3. The molecule has 2 fully saturated rings. The van der Waals surface area contributed by atoms with Gasteiger partial charge in [0.1, 0.15) is 23.7 Å². The molecule has 0 radical (unpaired) electrons. The monoisotopic (exact) mass is 696 g/mol. The Morgan fingerprint density at radius 2 is 0.922 bits per heavy atom. The highest BCUT2D eigenvalue weighted by molar-refractivity contribution is 5.71. The molecule has 2 unspecified atom stereocenters. The number of rotatable bonds is 17. The van der Waals surface area contributed by atoms with Gasteiger partial charge in [0.05, 0.1) is 26.4 Å². The van der Waals surface area contributed by atoms with E-state index in [-0.39, 0.29) is 0 Å². The summed E-state index contributed by atoms with van der Waals surface area (Å²) in [5.74, 6) is 0.644. The number of phenols is 2. The molecule has 0 saturated carbocycles. The number of benzene rings is 4. The molecule has 2 aliphatic heterocycles. The number of aryl methyl sites for hydroxylation is 1. The molecular formula is C46H64O5. The summed E-state index contributed by atoms with van der Waals surface area (Å²) in [4.78, 5) is 0. The summed E-state index contributed by atoms with van der Waals surface area (Å²) in [5.41, 5.74) is 9.66. The van der Waals surface area contributed by atoms with Crippen LogP contribution in [0.4, 0.5) is 0 Å². The summed E-state index contributed by atoms with van der Waals surface area (Å²) < 4.78 is 15.1. The average molecular weight is 697 g/mol. The van der Waals surface area contributed by atoms with Crippen LogP contribution in [0, 0.1) is 0 Å². The zero-order valence-corrected chi connectivity index (χ0v) is 31.8. The average Bonchev–Trinajstić information content (AvgIpc) is 4.11. The van der Waals surface area contributed by atoms with Gasteiger partial charge in [0, 0.05) is 0 Å². The van der Waals surface area contributed by atoms with Crippen molar-refractivity contribution in [2.75, 3.05) is 26.4 Å². The maximum Gasteiger partial charge on any atom is 0.115 e. The molecule has 4 aromatic rings. The topological polar surface area (TPSA) is 74.8 Å². The van der Waals surface area contributed by atoms with Crippen LogP contribution in [0.5, 0.6) is 11.5 Å². The molecule has 51 heavy (non-hydrogen) atoms. The van der Waals surface area contributed by atoms with Gasteiger partial charge in [-0.15, -0.1) is 0 Å². The van der Waals surface area contributed by atoms with Crippen LogP contribution in [0.2, 0.25) is 0 Å². The van der Waals surface area contributed by atoms with Crippen molar-refractivity contribution in [2.45, 2.75) is 117 Å². The molecule has 2 N–H and O–H groups in total. The summed E-state index contributed by atoms with van der Waals surface area (Å²) in [6.07, 6.45) is 16.1. The zero-order chi connectivity index (χ0) is 36.5. The molecule has 0 bridgehead atoms. The van der Waals surface area contributed by atoms with E-state index in [1.54, 1.807) is 70.8 Å². The van der Waals surface area contributed by atoms with Crippen LogP contribution in [-0.4, -0.2) is 48.8 Å². The van der Waals surface area contributed by atoms with Gasteiger partial charge < -0.3 is 24.4 Å². The lowest BCUT2D eigenvalue weighted by atomic mass is 9.81. The number of hydrogen-bond acceptors (Lipinski definition) is 5. The first-order valence-corrected chi connectivity index (χ1v) is 19.5. The largest absolute Gasteiger partial charge is 0.508 e. The maximum absolute atomic E-state index is 8.63. The van der Waals surface area contributed by atoms with Crippen molar-refractivity contribution in [3.8, 4) is 22.6 Å². The predicted octanol–water partition coefficient (Wildman–Crippen LogP) is 11.3. The number of hydrogen-bond donors (Lipinski definition) is 2. The molecule has 4 aromatic carbocycles. The first-order chi connectivity index (χ1) is 25.0. The van der Waals surface area contributed by atoms with E-state index in [2.05, 4.69) is 64.1 Å². The van der Waals surface area contributed by atoms with Crippen LogP contribution in [0.1, 0.15) is 101 Å². The van der Waals surface area contributed by atoms with Crippen molar-refractivity contribution in [2.24, 2.45) is 0 Å². The van der Waals surface area contributed by atoms with Crippen molar-refractivity contribution in [1.29, 1.82) is 0 Å². The number of ether oxygens (including phenoxy) is 3. The minimum atomic E-state index is 0.322. The molecule has 0 aliphatic carbocycles. The Balaban J connectivity index is 0.000000241. The number of unbranched alkanes of at least 4 members (excludes halogenated alkanes) is 4. The Kier molecular flexibility index (Phi) is 20.8. The van der Waals surface area contributed by atoms with Crippen LogP contribution >= 0.6 is 0 Å². The Hall–Kier alpha value is -3.64. The molecule has 5 heteroatoms. The fourth-order valence-corrected chi connectivity index (χ4v) is 5.83. The normalized spacial score (nSPS) is 15.3.